The molecule has 3 heteroatoms. The molecule has 0 saturated carbocycles. The Morgan fingerprint density at radius 1 is 1.14 bits per heavy atom. The Balaban J connectivity index is 2.36. The van der Waals surface area contributed by atoms with Crippen LogP contribution < -0.4 is 4.90 Å². The maximum atomic E-state index is 6.09. The van der Waals surface area contributed by atoms with Crippen LogP contribution >= 0.6 is 23.2 Å². The van der Waals surface area contributed by atoms with Crippen molar-refractivity contribution in [3.63, 3.8) is 0 Å². The molecule has 0 aliphatic carbocycles. The topological polar surface area (TPSA) is 3.24 Å². The predicted molar refractivity (Wildman–Crippen MR) is 62.1 cm³/mol. The van der Waals surface area contributed by atoms with E-state index in [-0.39, 0.29) is 0 Å². The third-order valence-electron chi connectivity index (χ3n) is 2.06. The molecular weight excluding hydrogens is 217 g/mol. The fourth-order valence-corrected chi connectivity index (χ4v) is 1.76. The third-order valence-corrected chi connectivity index (χ3v) is 2.86. The SMILES string of the molecule is Clc1cccc(N2C=CC=CC2)c1Cl. The first kappa shape index (κ1) is 9.63. The van der Waals surface area contributed by atoms with Crippen LogP contribution in [0.1, 0.15) is 0 Å². The van der Waals surface area contributed by atoms with Crippen LogP contribution in [0.4, 0.5) is 5.69 Å². The lowest BCUT2D eigenvalue weighted by molar-refractivity contribution is 1.07. The summed E-state index contributed by atoms with van der Waals surface area (Å²) in [6, 6.07) is 5.64. The number of anilines is 1. The van der Waals surface area contributed by atoms with Crippen molar-refractivity contribution in [3.8, 4) is 0 Å². The highest BCUT2D eigenvalue weighted by molar-refractivity contribution is 6.43. The Labute approximate surface area is 93.2 Å². The van der Waals surface area contributed by atoms with Crippen molar-refractivity contribution in [2.75, 3.05) is 11.4 Å². The Bertz CT molecular complexity index is 396. The van der Waals surface area contributed by atoms with E-state index < -0.39 is 0 Å². The lowest BCUT2D eigenvalue weighted by atomic mass is 10.2. The molecule has 0 fully saturated rings. The summed E-state index contributed by atoms with van der Waals surface area (Å²) in [5, 5.41) is 1.20. The van der Waals surface area contributed by atoms with E-state index in [4.69, 9.17) is 23.2 Å². The number of hydrogen-bond donors (Lipinski definition) is 0. The molecule has 0 atom stereocenters. The number of hydrogen-bond acceptors (Lipinski definition) is 1. The monoisotopic (exact) mass is 225 g/mol. The summed E-state index contributed by atoms with van der Waals surface area (Å²) >= 11 is 12.0. The lowest BCUT2D eigenvalue weighted by Gasteiger charge is -2.22. The molecule has 0 N–H and O–H groups in total. The molecule has 0 unspecified atom stereocenters. The normalized spacial score (nSPS) is 14.9. The summed E-state index contributed by atoms with van der Waals surface area (Å²) in [6.45, 7) is 0.830. The first-order valence-corrected chi connectivity index (χ1v) is 5.08. The second kappa shape index (κ2) is 4.07. The average molecular weight is 226 g/mol. The molecule has 1 heterocycles. The highest BCUT2D eigenvalue weighted by Crippen LogP contribution is 2.32. The molecule has 1 aliphatic rings. The second-order valence-corrected chi connectivity index (χ2v) is 3.78. The minimum Gasteiger partial charge on any atom is -0.343 e. The van der Waals surface area contributed by atoms with Crippen LogP contribution in [-0.2, 0) is 0 Å². The van der Waals surface area contributed by atoms with Crippen LogP contribution in [0.2, 0.25) is 10.0 Å². The van der Waals surface area contributed by atoms with E-state index >= 15 is 0 Å². The van der Waals surface area contributed by atoms with E-state index in [9.17, 15) is 0 Å². The van der Waals surface area contributed by atoms with Crippen molar-refractivity contribution in [3.05, 3.63) is 52.7 Å². The number of nitrogens with zero attached hydrogens (tertiary/aromatic N) is 1. The third kappa shape index (κ3) is 1.79. The van der Waals surface area contributed by atoms with Crippen molar-refractivity contribution in [2.24, 2.45) is 0 Å². The zero-order valence-corrected chi connectivity index (χ0v) is 8.96. The molecule has 14 heavy (non-hydrogen) atoms. The summed E-state index contributed by atoms with van der Waals surface area (Å²) in [5.74, 6) is 0. The molecule has 1 aromatic carbocycles. The first-order valence-electron chi connectivity index (χ1n) is 4.33. The van der Waals surface area contributed by atoms with E-state index in [1.54, 1.807) is 6.07 Å². The van der Waals surface area contributed by atoms with Crippen molar-refractivity contribution in [1.29, 1.82) is 0 Å². The smallest absolute Gasteiger partial charge is 0.0829 e. The molecule has 1 aromatic rings. The van der Waals surface area contributed by atoms with Gasteiger partial charge in [0.15, 0.2) is 0 Å². The van der Waals surface area contributed by atoms with Crippen molar-refractivity contribution in [1.82, 2.24) is 0 Å². The van der Waals surface area contributed by atoms with Gasteiger partial charge in [-0.25, -0.2) is 0 Å². The summed E-state index contributed by atoms with van der Waals surface area (Å²) in [5.41, 5.74) is 0.944. The Morgan fingerprint density at radius 3 is 2.71 bits per heavy atom. The molecule has 72 valence electrons. The first-order chi connectivity index (χ1) is 6.79. The van der Waals surface area contributed by atoms with Gasteiger partial charge in [0.25, 0.3) is 0 Å². The van der Waals surface area contributed by atoms with Gasteiger partial charge in [-0.1, -0.05) is 41.4 Å². The van der Waals surface area contributed by atoms with Crippen LogP contribution in [0.5, 0.6) is 0 Å². The van der Waals surface area contributed by atoms with Gasteiger partial charge in [0.05, 0.1) is 15.7 Å². The minimum atomic E-state index is 0.590. The molecule has 0 saturated heterocycles. The van der Waals surface area contributed by atoms with Crippen molar-refractivity contribution < 1.29 is 0 Å². The fourth-order valence-electron chi connectivity index (χ4n) is 1.36. The van der Waals surface area contributed by atoms with E-state index in [0.29, 0.717) is 10.0 Å². The predicted octanol–water partition coefficient (Wildman–Crippen LogP) is 3.88. The van der Waals surface area contributed by atoms with E-state index in [1.807, 2.05) is 35.4 Å². The van der Waals surface area contributed by atoms with Crippen LogP contribution in [0.25, 0.3) is 0 Å². The number of halogens is 2. The van der Waals surface area contributed by atoms with Gasteiger partial charge in [0.1, 0.15) is 0 Å². The highest BCUT2D eigenvalue weighted by atomic mass is 35.5. The van der Waals surface area contributed by atoms with Gasteiger partial charge in [0.2, 0.25) is 0 Å². The van der Waals surface area contributed by atoms with Crippen LogP contribution in [0.3, 0.4) is 0 Å². The maximum Gasteiger partial charge on any atom is 0.0829 e. The molecule has 1 nitrogen and oxygen atoms in total. The molecule has 0 spiro atoms. The summed E-state index contributed by atoms with van der Waals surface area (Å²) in [7, 11) is 0. The van der Waals surface area contributed by atoms with Gasteiger partial charge in [-0.15, -0.1) is 0 Å². The Kier molecular flexibility index (Phi) is 2.80. The summed E-state index contributed by atoms with van der Waals surface area (Å²) in [4.78, 5) is 2.05. The van der Waals surface area contributed by atoms with E-state index in [1.165, 1.54) is 0 Å². The van der Waals surface area contributed by atoms with Gasteiger partial charge < -0.3 is 4.90 Å². The number of rotatable bonds is 1. The van der Waals surface area contributed by atoms with Crippen LogP contribution in [0, 0.1) is 0 Å². The van der Waals surface area contributed by atoms with E-state index in [0.717, 1.165) is 12.2 Å². The van der Waals surface area contributed by atoms with Gasteiger partial charge in [-0.2, -0.15) is 0 Å². The maximum absolute atomic E-state index is 6.09. The molecule has 0 aromatic heterocycles. The zero-order chi connectivity index (χ0) is 9.97. The standard InChI is InChI=1S/C11H9Cl2N/c12-9-5-4-6-10(11(9)13)14-7-2-1-3-8-14/h1-7H,8H2. The molecule has 0 amide bonds. The van der Waals surface area contributed by atoms with Crippen molar-refractivity contribution in [2.45, 2.75) is 0 Å². The minimum absolute atomic E-state index is 0.590. The second-order valence-electron chi connectivity index (χ2n) is 2.99. The Hall–Kier alpha value is -0.920. The Morgan fingerprint density at radius 2 is 2.00 bits per heavy atom. The molecule has 0 bridgehead atoms. The van der Waals surface area contributed by atoms with Crippen LogP contribution in [-0.4, -0.2) is 6.54 Å². The van der Waals surface area contributed by atoms with Gasteiger partial charge in [-0.05, 0) is 18.2 Å². The largest absolute Gasteiger partial charge is 0.343 e. The summed E-state index contributed by atoms with van der Waals surface area (Å²) < 4.78 is 0. The molecule has 0 radical (unpaired) electrons. The van der Waals surface area contributed by atoms with Gasteiger partial charge in [-0.3, -0.25) is 0 Å². The lowest BCUT2D eigenvalue weighted by Crippen LogP contribution is -2.17. The zero-order valence-electron chi connectivity index (χ0n) is 7.45. The van der Waals surface area contributed by atoms with Gasteiger partial charge in [0, 0.05) is 12.7 Å². The molecule has 1 aliphatic heterocycles. The quantitative estimate of drug-likeness (QED) is 0.702. The number of allylic oxidation sites excluding steroid dienone is 2. The van der Waals surface area contributed by atoms with Gasteiger partial charge >= 0.3 is 0 Å². The number of benzene rings is 1. The fraction of sp³-hybridized carbons (Fsp3) is 0.0909. The van der Waals surface area contributed by atoms with Crippen molar-refractivity contribution >= 4 is 28.9 Å². The average Bonchev–Trinajstić information content (AvgIpc) is 2.23. The summed E-state index contributed by atoms with van der Waals surface area (Å²) in [6.07, 6.45) is 8.03. The molecule has 2 rings (SSSR count). The highest BCUT2D eigenvalue weighted by Gasteiger charge is 2.09. The van der Waals surface area contributed by atoms with Crippen LogP contribution in [0.15, 0.2) is 42.6 Å². The molecular formula is C11H9Cl2N. The van der Waals surface area contributed by atoms with E-state index in [2.05, 4.69) is 6.08 Å².